The van der Waals surface area contributed by atoms with E-state index in [1.165, 1.54) is 6.26 Å². The Balaban J connectivity index is 2.01. The minimum atomic E-state index is -3.03. The van der Waals surface area contributed by atoms with Gasteiger partial charge in [-0.2, -0.15) is 0 Å². The van der Waals surface area contributed by atoms with Crippen LogP contribution in [0.2, 0.25) is 0 Å². The van der Waals surface area contributed by atoms with Gasteiger partial charge >= 0.3 is 0 Å². The number of aryl methyl sites for hydroxylation is 1. The average molecular weight is 296 g/mol. The number of carbonyl (C=O) groups excluding carboxylic acids is 1. The van der Waals surface area contributed by atoms with Crippen LogP contribution in [-0.2, 0) is 9.84 Å². The van der Waals surface area contributed by atoms with Gasteiger partial charge in [-0.05, 0) is 38.3 Å². The molecule has 6 heteroatoms. The van der Waals surface area contributed by atoms with Crippen LogP contribution in [0, 0.1) is 6.92 Å². The molecule has 0 aromatic carbocycles. The molecule has 2 atom stereocenters. The highest BCUT2D eigenvalue weighted by atomic mass is 32.2. The van der Waals surface area contributed by atoms with Gasteiger partial charge < -0.3 is 5.32 Å². The van der Waals surface area contributed by atoms with E-state index in [9.17, 15) is 13.2 Å². The van der Waals surface area contributed by atoms with Gasteiger partial charge in [0, 0.05) is 18.0 Å². The maximum atomic E-state index is 12.1. The van der Waals surface area contributed by atoms with Crippen molar-refractivity contribution >= 4 is 15.7 Å². The lowest BCUT2D eigenvalue weighted by molar-refractivity contribution is 0.0922. The minimum Gasteiger partial charge on any atom is -0.348 e. The van der Waals surface area contributed by atoms with Crippen LogP contribution in [-0.4, -0.2) is 36.9 Å². The predicted octanol–water partition coefficient (Wildman–Crippen LogP) is 1.48. The number of nitrogens with one attached hydrogen (secondary N) is 1. The summed E-state index contributed by atoms with van der Waals surface area (Å²) >= 11 is 0. The van der Waals surface area contributed by atoms with Crippen LogP contribution < -0.4 is 5.32 Å². The fourth-order valence-electron chi connectivity index (χ4n) is 2.59. The Labute approximate surface area is 119 Å². The van der Waals surface area contributed by atoms with Crippen molar-refractivity contribution in [3.05, 3.63) is 29.6 Å². The molecule has 2 unspecified atom stereocenters. The zero-order valence-electron chi connectivity index (χ0n) is 11.8. The van der Waals surface area contributed by atoms with Crippen LogP contribution in [0.5, 0.6) is 0 Å². The first-order valence-corrected chi connectivity index (χ1v) is 8.75. The number of pyridine rings is 1. The van der Waals surface area contributed by atoms with Crippen LogP contribution in [0.25, 0.3) is 0 Å². The van der Waals surface area contributed by atoms with Crippen LogP contribution in [0.4, 0.5) is 0 Å². The molecular formula is C14H20N2O3S. The van der Waals surface area contributed by atoms with E-state index >= 15 is 0 Å². The van der Waals surface area contributed by atoms with Gasteiger partial charge in [0.25, 0.3) is 5.91 Å². The fourth-order valence-corrected chi connectivity index (χ4v) is 3.77. The first-order chi connectivity index (χ1) is 9.36. The van der Waals surface area contributed by atoms with Crippen molar-refractivity contribution in [3.63, 3.8) is 0 Å². The highest BCUT2D eigenvalue weighted by molar-refractivity contribution is 7.91. The van der Waals surface area contributed by atoms with E-state index < -0.39 is 9.84 Å². The Kier molecular flexibility index (Phi) is 4.42. The molecule has 1 fully saturated rings. The summed E-state index contributed by atoms with van der Waals surface area (Å²) < 4.78 is 23.2. The second-order valence-electron chi connectivity index (χ2n) is 5.45. The van der Waals surface area contributed by atoms with Crippen molar-refractivity contribution in [2.24, 2.45) is 0 Å². The highest BCUT2D eigenvalue weighted by Gasteiger charge is 2.29. The van der Waals surface area contributed by atoms with E-state index in [1.54, 1.807) is 12.1 Å². The second-order valence-corrected chi connectivity index (χ2v) is 7.78. The normalized spacial score (nSPS) is 23.3. The van der Waals surface area contributed by atoms with Gasteiger partial charge in [0.05, 0.1) is 5.25 Å². The van der Waals surface area contributed by atoms with Gasteiger partial charge in [-0.25, -0.2) is 13.4 Å². The van der Waals surface area contributed by atoms with E-state index in [2.05, 4.69) is 10.3 Å². The van der Waals surface area contributed by atoms with Gasteiger partial charge in [0.15, 0.2) is 0 Å². The molecule has 1 saturated carbocycles. The van der Waals surface area contributed by atoms with Gasteiger partial charge in [-0.1, -0.05) is 12.5 Å². The SMILES string of the molecule is Cc1cccc(C(=O)NC2CCCC(S(C)(=O)=O)C2)n1. The fraction of sp³-hybridized carbons (Fsp3) is 0.571. The van der Waals surface area contributed by atoms with Crippen molar-refractivity contribution < 1.29 is 13.2 Å². The molecule has 110 valence electrons. The summed E-state index contributed by atoms with van der Waals surface area (Å²) in [4.78, 5) is 16.3. The van der Waals surface area contributed by atoms with E-state index in [4.69, 9.17) is 0 Å². The second kappa shape index (κ2) is 5.91. The Morgan fingerprint density at radius 3 is 2.75 bits per heavy atom. The van der Waals surface area contributed by atoms with Crippen LogP contribution in [0.1, 0.15) is 41.9 Å². The molecule has 2 rings (SSSR count). The third-order valence-corrected chi connectivity index (χ3v) is 5.33. The summed E-state index contributed by atoms with van der Waals surface area (Å²) in [6.45, 7) is 1.83. The molecule has 1 aromatic rings. The summed E-state index contributed by atoms with van der Waals surface area (Å²) in [6, 6.07) is 5.20. The number of aromatic nitrogens is 1. The molecular weight excluding hydrogens is 276 g/mol. The third kappa shape index (κ3) is 3.79. The molecule has 0 bridgehead atoms. The number of sulfone groups is 1. The zero-order valence-corrected chi connectivity index (χ0v) is 12.6. The van der Waals surface area contributed by atoms with Crippen LogP contribution >= 0.6 is 0 Å². The molecule has 20 heavy (non-hydrogen) atoms. The molecule has 5 nitrogen and oxygen atoms in total. The number of amides is 1. The van der Waals surface area contributed by atoms with Gasteiger partial charge in [0.1, 0.15) is 15.5 Å². The van der Waals surface area contributed by atoms with Crippen molar-refractivity contribution in [1.29, 1.82) is 0 Å². The molecule has 0 spiro atoms. The van der Waals surface area contributed by atoms with Crippen molar-refractivity contribution in [2.75, 3.05) is 6.26 Å². The van der Waals surface area contributed by atoms with Crippen molar-refractivity contribution in [2.45, 2.75) is 43.9 Å². The Hall–Kier alpha value is -1.43. The topological polar surface area (TPSA) is 76.1 Å². The quantitative estimate of drug-likeness (QED) is 0.916. The smallest absolute Gasteiger partial charge is 0.270 e. The van der Waals surface area contributed by atoms with Crippen LogP contribution in [0.3, 0.4) is 0 Å². The largest absolute Gasteiger partial charge is 0.348 e. The Bertz CT molecular complexity index is 598. The average Bonchev–Trinajstić information content (AvgIpc) is 2.38. The molecule has 0 aliphatic heterocycles. The first-order valence-electron chi connectivity index (χ1n) is 6.79. The van der Waals surface area contributed by atoms with Gasteiger partial charge in [0.2, 0.25) is 0 Å². The van der Waals surface area contributed by atoms with Gasteiger partial charge in [-0.3, -0.25) is 4.79 Å². The lowest BCUT2D eigenvalue weighted by atomic mass is 9.95. The van der Waals surface area contributed by atoms with E-state index in [-0.39, 0.29) is 17.2 Å². The third-order valence-electron chi connectivity index (χ3n) is 3.69. The maximum absolute atomic E-state index is 12.1. The van der Waals surface area contributed by atoms with E-state index in [0.717, 1.165) is 18.5 Å². The molecule has 1 amide bonds. The molecule has 1 aromatic heterocycles. The highest BCUT2D eigenvalue weighted by Crippen LogP contribution is 2.24. The number of hydrogen-bond donors (Lipinski definition) is 1. The molecule has 1 aliphatic carbocycles. The van der Waals surface area contributed by atoms with E-state index in [1.807, 2.05) is 13.0 Å². The minimum absolute atomic E-state index is 0.0849. The summed E-state index contributed by atoms with van der Waals surface area (Å²) in [6.07, 6.45) is 4.10. The number of nitrogens with zero attached hydrogens (tertiary/aromatic N) is 1. The predicted molar refractivity (Wildman–Crippen MR) is 77.3 cm³/mol. The first kappa shape index (κ1) is 15.0. The lowest BCUT2D eigenvalue weighted by Crippen LogP contribution is -2.42. The van der Waals surface area contributed by atoms with Crippen molar-refractivity contribution in [3.8, 4) is 0 Å². The molecule has 1 N–H and O–H groups in total. The zero-order chi connectivity index (χ0) is 14.8. The molecule has 0 radical (unpaired) electrons. The molecule has 1 heterocycles. The summed E-state index contributed by atoms with van der Waals surface area (Å²) in [5.41, 5.74) is 1.17. The maximum Gasteiger partial charge on any atom is 0.270 e. The summed E-state index contributed by atoms with van der Waals surface area (Å²) in [5.74, 6) is -0.229. The monoisotopic (exact) mass is 296 g/mol. The van der Waals surface area contributed by atoms with Crippen molar-refractivity contribution in [1.82, 2.24) is 10.3 Å². The Morgan fingerprint density at radius 2 is 2.10 bits per heavy atom. The number of carbonyl (C=O) groups is 1. The molecule has 0 saturated heterocycles. The van der Waals surface area contributed by atoms with E-state index in [0.29, 0.717) is 18.5 Å². The summed E-state index contributed by atoms with van der Waals surface area (Å²) in [7, 11) is -3.03. The number of rotatable bonds is 3. The standard InChI is InChI=1S/C14H20N2O3S/c1-10-5-3-8-13(15-10)14(17)16-11-6-4-7-12(9-11)20(2,18)19/h3,5,8,11-12H,4,6-7,9H2,1-2H3,(H,16,17). The van der Waals surface area contributed by atoms with Gasteiger partial charge in [-0.15, -0.1) is 0 Å². The Morgan fingerprint density at radius 1 is 1.35 bits per heavy atom. The number of hydrogen-bond acceptors (Lipinski definition) is 4. The molecule has 1 aliphatic rings. The lowest BCUT2D eigenvalue weighted by Gasteiger charge is -2.28. The summed E-state index contributed by atoms with van der Waals surface area (Å²) in [5, 5.41) is 2.56. The van der Waals surface area contributed by atoms with Crippen LogP contribution in [0.15, 0.2) is 18.2 Å².